The van der Waals surface area contributed by atoms with E-state index < -0.39 is 11.6 Å². The third-order valence-electron chi connectivity index (χ3n) is 3.98. The van der Waals surface area contributed by atoms with Gasteiger partial charge in [-0.3, -0.25) is 0 Å². The van der Waals surface area contributed by atoms with Gasteiger partial charge in [0.25, 0.3) is 0 Å². The van der Waals surface area contributed by atoms with Crippen molar-refractivity contribution in [2.75, 3.05) is 11.9 Å². The van der Waals surface area contributed by atoms with E-state index in [4.69, 9.17) is 5.73 Å². The van der Waals surface area contributed by atoms with Crippen LogP contribution in [0.4, 0.5) is 14.6 Å². The molecule has 0 spiro atoms. The number of nitrogens with one attached hydrogen (secondary N) is 2. The molecule has 3 aromatic rings. The standard InChI is InChI=1S/C17H20F2N6/c1-2-3-11(4-5-20)24-17-14(19)9-23-16(25-17)13-8-22-15-12(13)6-10(18)7-21-15/h6-9,11H,2-5,20H2,1H3,(H,21,22)(H,23,24,25)/t11-/m1/s1. The highest BCUT2D eigenvalue weighted by Gasteiger charge is 2.16. The smallest absolute Gasteiger partial charge is 0.183 e. The van der Waals surface area contributed by atoms with Gasteiger partial charge in [-0.15, -0.1) is 0 Å². The summed E-state index contributed by atoms with van der Waals surface area (Å²) in [5.41, 5.74) is 6.71. The molecule has 8 heteroatoms. The number of nitrogens with zero attached hydrogens (tertiary/aromatic N) is 3. The lowest BCUT2D eigenvalue weighted by Gasteiger charge is -2.18. The Hall–Kier alpha value is -2.61. The first kappa shape index (κ1) is 17.2. The van der Waals surface area contributed by atoms with Crippen LogP contribution in [0.25, 0.3) is 22.4 Å². The highest BCUT2D eigenvalue weighted by atomic mass is 19.1. The van der Waals surface area contributed by atoms with E-state index in [-0.39, 0.29) is 11.9 Å². The quantitative estimate of drug-likeness (QED) is 0.611. The van der Waals surface area contributed by atoms with E-state index >= 15 is 0 Å². The summed E-state index contributed by atoms with van der Waals surface area (Å²) < 4.78 is 27.6. The average Bonchev–Trinajstić information content (AvgIpc) is 3.00. The molecule has 1 atom stereocenters. The van der Waals surface area contributed by atoms with Crippen LogP contribution in [0, 0.1) is 11.6 Å². The van der Waals surface area contributed by atoms with Crippen LogP contribution in [-0.4, -0.2) is 32.5 Å². The van der Waals surface area contributed by atoms with Gasteiger partial charge in [0.15, 0.2) is 17.5 Å². The first-order chi connectivity index (χ1) is 12.1. The van der Waals surface area contributed by atoms with Gasteiger partial charge < -0.3 is 16.0 Å². The lowest BCUT2D eigenvalue weighted by atomic mass is 10.1. The molecule has 4 N–H and O–H groups in total. The van der Waals surface area contributed by atoms with Crippen molar-refractivity contribution in [3.05, 3.63) is 36.3 Å². The lowest BCUT2D eigenvalue weighted by Crippen LogP contribution is -2.24. The van der Waals surface area contributed by atoms with Gasteiger partial charge in [0.1, 0.15) is 11.5 Å². The molecule has 3 heterocycles. The number of rotatable bonds is 7. The Labute approximate surface area is 143 Å². The van der Waals surface area contributed by atoms with Crippen LogP contribution < -0.4 is 11.1 Å². The van der Waals surface area contributed by atoms with Crippen molar-refractivity contribution in [3.8, 4) is 11.4 Å². The third-order valence-corrected chi connectivity index (χ3v) is 3.98. The molecule has 0 aromatic carbocycles. The fraction of sp³-hybridized carbons (Fsp3) is 0.353. The number of aromatic nitrogens is 4. The molecule has 0 aliphatic rings. The Morgan fingerprint density at radius 1 is 1.24 bits per heavy atom. The fourth-order valence-corrected chi connectivity index (χ4v) is 2.79. The van der Waals surface area contributed by atoms with Gasteiger partial charge in [0.05, 0.1) is 12.4 Å². The minimum Gasteiger partial charge on any atom is -0.365 e. The normalized spacial score (nSPS) is 12.5. The van der Waals surface area contributed by atoms with E-state index in [2.05, 4.69) is 32.2 Å². The Morgan fingerprint density at radius 2 is 2.08 bits per heavy atom. The molecule has 0 aliphatic carbocycles. The fourth-order valence-electron chi connectivity index (χ4n) is 2.79. The van der Waals surface area contributed by atoms with Crippen LogP contribution in [0.15, 0.2) is 24.7 Å². The zero-order valence-corrected chi connectivity index (χ0v) is 13.9. The first-order valence-corrected chi connectivity index (χ1v) is 8.24. The summed E-state index contributed by atoms with van der Waals surface area (Å²) in [6.45, 7) is 2.56. The number of hydrogen-bond donors (Lipinski definition) is 3. The molecule has 3 rings (SSSR count). The van der Waals surface area contributed by atoms with E-state index in [9.17, 15) is 8.78 Å². The van der Waals surface area contributed by atoms with Gasteiger partial charge >= 0.3 is 0 Å². The monoisotopic (exact) mass is 346 g/mol. The van der Waals surface area contributed by atoms with Crippen molar-refractivity contribution >= 4 is 16.9 Å². The zero-order chi connectivity index (χ0) is 17.8. The van der Waals surface area contributed by atoms with Crippen LogP contribution >= 0.6 is 0 Å². The van der Waals surface area contributed by atoms with Crippen LogP contribution in [-0.2, 0) is 0 Å². The van der Waals surface area contributed by atoms with Crippen LogP contribution in [0.3, 0.4) is 0 Å². The average molecular weight is 346 g/mol. The SMILES string of the molecule is CCC[C@H](CCN)Nc1nc(-c2c[nH]c3ncc(F)cc23)ncc1F. The van der Waals surface area contributed by atoms with E-state index in [0.717, 1.165) is 31.7 Å². The number of H-pyrrole nitrogens is 1. The lowest BCUT2D eigenvalue weighted by molar-refractivity contribution is 0.578. The Balaban J connectivity index is 1.96. The summed E-state index contributed by atoms with van der Waals surface area (Å²) in [7, 11) is 0. The predicted molar refractivity (Wildman–Crippen MR) is 93.0 cm³/mol. The van der Waals surface area contributed by atoms with Crippen molar-refractivity contribution in [3.63, 3.8) is 0 Å². The number of hydrogen-bond acceptors (Lipinski definition) is 5. The largest absolute Gasteiger partial charge is 0.365 e. The van der Waals surface area contributed by atoms with Gasteiger partial charge in [0, 0.05) is 23.2 Å². The molecular formula is C17H20F2N6. The zero-order valence-electron chi connectivity index (χ0n) is 13.9. The topological polar surface area (TPSA) is 92.5 Å². The summed E-state index contributed by atoms with van der Waals surface area (Å²) in [4.78, 5) is 15.2. The maximum absolute atomic E-state index is 14.1. The van der Waals surface area contributed by atoms with Gasteiger partial charge in [0.2, 0.25) is 0 Å². The van der Waals surface area contributed by atoms with Crippen molar-refractivity contribution in [2.45, 2.75) is 32.2 Å². The molecule has 0 unspecified atom stereocenters. The summed E-state index contributed by atoms with van der Waals surface area (Å²) >= 11 is 0. The Bertz CT molecular complexity index is 857. The molecule has 3 aromatic heterocycles. The molecule has 25 heavy (non-hydrogen) atoms. The van der Waals surface area contributed by atoms with E-state index in [1.54, 1.807) is 6.20 Å². The second kappa shape index (κ2) is 7.52. The summed E-state index contributed by atoms with van der Waals surface area (Å²) in [5, 5.41) is 3.65. The van der Waals surface area contributed by atoms with E-state index in [0.29, 0.717) is 29.0 Å². The molecule has 0 aliphatic heterocycles. The molecule has 0 amide bonds. The van der Waals surface area contributed by atoms with Gasteiger partial charge in [-0.05, 0) is 25.5 Å². The maximum atomic E-state index is 14.1. The van der Waals surface area contributed by atoms with E-state index in [1.807, 2.05) is 0 Å². The first-order valence-electron chi connectivity index (χ1n) is 8.24. The van der Waals surface area contributed by atoms with Crippen LogP contribution in [0.2, 0.25) is 0 Å². The number of pyridine rings is 1. The summed E-state index contributed by atoms with van der Waals surface area (Å²) in [5.74, 6) is -0.577. The molecule has 132 valence electrons. The van der Waals surface area contributed by atoms with Crippen molar-refractivity contribution in [1.29, 1.82) is 0 Å². The van der Waals surface area contributed by atoms with Gasteiger partial charge in [-0.25, -0.2) is 23.7 Å². The maximum Gasteiger partial charge on any atom is 0.183 e. The number of fused-ring (bicyclic) bond motifs is 1. The molecular weight excluding hydrogens is 326 g/mol. The predicted octanol–water partition coefficient (Wildman–Crippen LogP) is 3.23. The second-order valence-electron chi connectivity index (χ2n) is 5.85. The minimum atomic E-state index is -0.536. The van der Waals surface area contributed by atoms with Crippen molar-refractivity contribution in [1.82, 2.24) is 19.9 Å². The Kier molecular flexibility index (Phi) is 5.18. The van der Waals surface area contributed by atoms with E-state index in [1.165, 1.54) is 6.07 Å². The highest BCUT2D eigenvalue weighted by molar-refractivity contribution is 5.91. The Morgan fingerprint density at radius 3 is 2.84 bits per heavy atom. The molecule has 0 saturated heterocycles. The third kappa shape index (κ3) is 3.74. The number of halogens is 2. The van der Waals surface area contributed by atoms with Crippen LogP contribution in [0.5, 0.6) is 0 Å². The summed E-state index contributed by atoms with van der Waals surface area (Å²) in [6, 6.07) is 1.39. The summed E-state index contributed by atoms with van der Waals surface area (Å²) in [6.07, 6.45) is 6.40. The van der Waals surface area contributed by atoms with Crippen molar-refractivity contribution in [2.24, 2.45) is 5.73 Å². The molecule has 0 radical (unpaired) electrons. The minimum absolute atomic E-state index is 0.0364. The molecule has 0 saturated carbocycles. The highest BCUT2D eigenvalue weighted by Crippen LogP contribution is 2.27. The number of anilines is 1. The van der Waals surface area contributed by atoms with Crippen molar-refractivity contribution < 1.29 is 8.78 Å². The molecule has 6 nitrogen and oxygen atoms in total. The molecule has 0 bridgehead atoms. The van der Waals surface area contributed by atoms with Crippen LogP contribution in [0.1, 0.15) is 26.2 Å². The molecule has 0 fully saturated rings. The second-order valence-corrected chi connectivity index (χ2v) is 5.85. The van der Waals surface area contributed by atoms with Gasteiger partial charge in [-0.2, -0.15) is 0 Å². The van der Waals surface area contributed by atoms with Gasteiger partial charge in [-0.1, -0.05) is 13.3 Å². The number of aromatic amines is 1. The number of nitrogens with two attached hydrogens (primary N) is 1.